The van der Waals surface area contributed by atoms with E-state index in [0.717, 1.165) is 12.8 Å². The lowest BCUT2D eigenvalue weighted by Crippen LogP contribution is -2.05. The summed E-state index contributed by atoms with van der Waals surface area (Å²) in [6.07, 6.45) is 13.7. The molecule has 17 heavy (non-hydrogen) atoms. The molecule has 2 heteroatoms. The molecule has 2 nitrogen and oxygen atoms in total. The minimum Gasteiger partial charge on any atom is -0.396 e. The van der Waals surface area contributed by atoms with Gasteiger partial charge in [-0.2, -0.15) is 0 Å². The summed E-state index contributed by atoms with van der Waals surface area (Å²) in [7, 11) is 0. The first-order chi connectivity index (χ1) is 8.35. The van der Waals surface area contributed by atoms with Crippen LogP contribution in [0.5, 0.6) is 0 Å². The van der Waals surface area contributed by atoms with Crippen LogP contribution in [-0.4, -0.2) is 23.4 Å². The van der Waals surface area contributed by atoms with Crippen LogP contribution in [0.4, 0.5) is 0 Å². The zero-order valence-electron chi connectivity index (χ0n) is 11.7. The second-order valence-corrected chi connectivity index (χ2v) is 5.15. The lowest BCUT2D eigenvalue weighted by molar-refractivity contribution is 0.207. The van der Waals surface area contributed by atoms with E-state index in [1.807, 2.05) is 0 Å². The lowest BCUT2D eigenvalue weighted by atomic mass is 9.94. The summed E-state index contributed by atoms with van der Waals surface area (Å²) < 4.78 is 0. The summed E-state index contributed by atoms with van der Waals surface area (Å²) in [4.78, 5) is 0. The Kier molecular flexibility index (Phi) is 13.9. The molecule has 0 saturated carbocycles. The van der Waals surface area contributed by atoms with Crippen molar-refractivity contribution in [1.82, 2.24) is 0 Å². The number of aliphatic hydroxyl groups excluding tert-OH is 2. The highest BCUT2D eigenvalue weighted by Gasteiger charge is 2.06. The largest absolute Gasteiger partial charge is 0.396 e. The summed E-state index contributed by atoms with van der Waals surface area (Å²) in [5.41, 5.74) is 0. The van der Waals surface area contributed by atoms with Gasteiger partial charge in [0.15, 0.2) is 0 Å². The summed E-state index contributed by atoms with van der Waals surface area (Å²) >= 11 is 0. The zero-order valence-corrected chi connectivity index (χ0v) is 11.7. The minimum absolute atomic E-state index is 0.266. The third-order valence-electron chi connectivity index (χ3n) is 3.54. The van der Waals surface area contributed by atoms with Crippen molar-refractivity contribution >= 4 is 0 Å². The molecule has 104 valence electrons. The number of aliphatic hydroxyl groups is 2. The molecule has 0 aromatic rings. The average Bonchev–Trinajstić information content (AvgIpc) is 2.33. The van der Waals surface area contributed by atoms with Crippen molar-refractivity contribution in [1.29, 1.82) is 0 Å². The van der Waals surface area contributed by atoms with Crippen LogP contribution in [0.1, 0.15) is 77.6 Å². The molecule has 0 heterocycles. The van der Waals surface area contributed by atoms with Gasteiger partial charge in [0.1, 0.15) is 0 Å². The Morgan fingerprint density at radius 2 is 1.12 bits per heavy atom. The van der Waals surface area contributed by atoms with E-state index in [9.17, 15) is 0 Å². The average molecular weight is 244 g/mol. The molecule has 0 amide bonds. The first-order valence-corrected chi connectivity index (χ1v) is 7.56. The van der Waals surface area contributed by atoms with Crippen LogP contribution >= 0.6 is 0 Å². The highest BCUT2D eigenvalue weighted by Crippen LogP contribution is 2.18. The van der Waals surface area contributed by atoms with E-state index >= 15 is 0 Å². The third kappa shape index (κ3) is 12.2. The Labute approximate surface area is 107 Å². The second-order valence-electron chi connectivity index (χ2n) is 5.15. The molecule has 0 saturated heterocycles. The first-order valence-electron chi connectivity index (χ1n) is 7.56. The molecule has 2 N–H and O–H groups in total. The monoisotopic (exact) mass is 244 g/mol. The van der Waals surface area contributed by atoms with Gasteiger partial charge in [0.2, 0.25) is 0 Å². The first kappa shape index (κ1) is 16.9. The van der Waals surface area contributed by atoms with Crippen molar-refractivity contribution in [3.63, 3.8) is 0 Å². The Balaban J connectivity index is 3.23. The predicted molar refractivity (Wildman–Crippen MR) is 74.1 cm³/mol. The van der Waals surface area contributed by atoms with E-state index in [1.165, 1.54) is 57.8 Å². The molecule has 0 aliphatic carbocycles. The Hall–Kier alpha value is -0.0800. The normalized spacial score (nSPS) is 11.3. The molecule has 0 aromatic carbocycles. The molecule has 0 radical (unpaired) electrons. The standard InChI is InChI=1S/C15H32O2/c1-2-3-4-5-6-7-8-9-10-15(11-13-16)12-14-17/h15-17H,2-14H2,1H3. The summed E-state index contributed by atoms with van der Waals surface area (Å²) in [5, 5.41) is 17.8. The lowest BCUT2D eigenvalue weighted by Gasteiger charge is -2.13. The highest BCUT2D eigenvalue weighted by atomic mass is 16.3. The van der Waals surface area contributed by atoms with Crippen molar-refractivity contribution in [2.45, 2.75) is 77.6 Å². The SMILES string of the molecule is CCCCCCCCCCC(CCO)CCO. The third-order valence-corrected chi connectivity index (χ3v) is 3.54. The number of hydrogen-bond acceptors (Lipinski definition) is 2. The Bertz CT molecular complexity index is 131. The van der Waals surface area contributed by atoms with Gasteiger partial charge in [-0.05, 0) is 18.8 Å². The maximum Gasteiger partial charge on any atom is 0.0433 e. The van der Waals surface area contributed by atoms with Crippen LogP contribution in [0.15, 0.2) is 0 Å². The van der Waals surface area contributed by atoms with Crippen LogP contribution in [0, 0.1) is 5.92 Å². The van der Waals surface area contributed by atoms with Crippen molar-refractivity contribution in [3.8, 4) is 0 Å². The smallest absolute Gasteiger partial charge is 0.0433 e. The fraction of sp³-hybridized carbons (Fsp3) is 1.00. The predicted octanol–water partition coefficient (Wildman–Crippen LogP) is 3.90. The molecule has 0 bridgehead atoms. The van der Waals surface area contributed by atoms with E-state index in [2.05, 4.69) is 6.92 Å². The van der Waals surface area contributed by atoms with E-state index in [1.54, 1.807) is 0 Å². The van der Waals surface area contributed by atoms with Gasteiger partial charge < -0.3 is 10.2 Å². The van der Waals surface area contributed by atoms with Gasteiger partial charge in [-0.25, -0.2) is 0 Å². The topological polar surface area (TPSA) is 40.5 Å². The Morgan fingerprint density at radius 3 is 1.59 bits per heavy atom. The van der Waals surface area contributed by atoms with Crippen molar-refractivity contribution in [2.75, 3.05) is 13.2 Å². The van der Waals surface area contributed by atoms with E-state index in [4.69, 9.17) is 10.2 Å². The van der Waals surface area contributed by atoms with E-state index < -0.39 is 0 Å². The number of rotatable bonds is 13. The minimum atomic E-state index is 0.266. The van der Waals surface area contributed by atoms with Gasteiger partial charge in [-0.3, -0.25) is 0 Å². The van der Waals surface area contributed by atoms with Crippen LogP contribution in [0.2, 0.25) is 0 Å². The molecular formula is C15H32O2. The molecule has 0 atom stereocenters. The van der Waals surface area contributed by atoms with Crippen LogP contribution in [0.3, 0.4) is 0 Å². The van der Waals surface area contributed by atoms with Crippen LogP contribution in [0.25, 0.3) is 0 Å². The van der Waals surface area contributed by atoms with Gasteiger partial charge in [0.05, 0.1) is 0 Å². The maximum atomic E-state index is 8.90. The van der Waals surface area contributed by atoms with E-state index in [-0.39, 0.29) is 13.2 Å². The quantitative estimate of drug-likeness (QED) is 0.482. The van der Waals surface area contributed by atoms with Gasteiger partial charge in [0, 0.05) is 13.2 Å². The van der Waals surface area contributed by atoms with Crippen molar-refractivity contribution in [3.05, 3.63) is 0 Å². The summed E-state index contributed by atoms with van der Waals surface area (Å²) in [5.74, 6) is 0.532. The Morgan fingerprint density at radius 1 is 0.647 bits per heavy atom. The molecule has 0 aliphatic rings. The zero-order chi connectivity index (χ0) is 12.8. The van der Waals surface area contributed by atoms with Gasteiger partial charge in [-0.15, -0.1) is 0 Å². The van der Waals surface area contributed by atoms with Crippen molar-refractivity contribution < 1.29 is 10.2 Å². The molecule has 0 aliphatic heterocycles. The number of hydrogen-bond donors (Lipinski definition) is 2. The molecular weight excluding hydrogens is 212 g/mol. The maximum absolute atomic E-state index is 8.90. The summed E-state index contributed by atoms with van der Waals surface area (Å²) in [6.45, 7) is 2.78. The second kappa shape index (κ2) is 14.0. The van der Waals surface area contributed by atoms with Gasteiger partial charge >= 0.3 is 0 Å². The molecule has 0 rings (SSSR count). The fourth-order valence-electron chi connectivity index (χ4n) is 2.37. The van der Waals surface area contributed by atoms with Crippen molar-refractivity contribution in [2.24, 2.45) is 5.92 Å². The van der Waals surface area contributed by atoms with Gasteiger partial charge in [0.25, 0.3) is 0 Å². The van der Waals surface area contributed by atoms with Crippen LogP contribution in [-0.2, 0) is 0 Å². The molecule has 0 aromatic heterocycles. The highest BCUT2D eigenvalue weighted by molar-refractivity contribution is 4.59. The molecule has 0 fully saturated rings. The fourth-order valence-corrected chi connectivity index (χ4v) is 2.37. The van der Waals surface area contributed by atoms with Gasteiger partial charge in [-0.1, -0.05) is 64.7 Å². The molecule has 0 unspecified atom stereocenters. The van der Waals surface area contributed by atoms with Crippen LogP contribution < -0.4 is 0 Å². The number of unbranched alkanes of at least 4 members (excludes halogenated alkanes) is 7. The molecule has 0 spiro atoms. The summed E-state index contributed by atoms with van der Waals surface area (Å²) in [6, 6.07) is 0. The van der Waals surface area contributed by atoms with E-state index in [0.29, 0.717) is 5.92 Å².